The van der Waals surface area contributed by atoms with Gasteiger partial charge in [0.15, 0.2) is 5.03 Å². The minimum Gasteiger partial charge on any atom is -0.334 e. The number of nitrogens with one attached hydrogen (secondary N) is 2. The Balaban J connectivity index is 2.26. The number of nitrogens with zero attached hydrogens (tertiary/aromatic N) is 1. The van der Waals surface area contributed by atoms with Gasteiger partial charge in [-0.05, 0) is 24.5 Å². The average molecular weight is 269 g/mol. The first-order chi connectivity index (χ1) is 8.12. The van der Waals surface area contributed by atoms with E-state index in [-0.39, 0.29) is 5.03 Å². The average Bonchev–Trinajstić information content (AvgIpc) is 2.83. The van der Waals surface area contributed by atoms with Crippen LogP contribution in [0.15, 0.2) is 46.7 Å². The van der Waals surface area contributed by atoms with Crippen molar-refractivity contribution in [3.8, 4) is 0 Å². The van der Waals surface area contributed by atoms with Gasteiger partial charge in [0, 0.05) is 10.6 Å². The molecule has 0 aliphatic carbocycles. The molecule has 1 aromatic heterocycles. The number of aromatic nitrogens is 2. The highest BCUT2D eigenvalue weighted by molar-refractivity contribution is 7.98. The summed E-state index contributed by atoms with van der Waals surface area (Å²) in [5.41, 5.74) is 0.534. The summed E-state index contributed by atoms with van der Waals surface area (Å²) in [5.74, 6) is 0. The van der Waals surface area contributed by atoms with E-state index >= 15 is 0 Å². The smallest absolute Gasteiger partial charge is 0.278 e. The lowest BCUT2D eigenvalue weighted by Crippen LogP contribution is -2.13. The standard InChI is InChI=1S/C10H11N3O2S2/c1-16-9-4-2-3-8(5-9)13-17(14,15)10-6-11-7-12-10/h2-7,13H,1H3,(H,11,12). The minimum atomic E-state index is -3.57. The number of thioether (sulfide) groups is 1. The second-order valence-electron chi connectivity index (χ2n) is 3.25. The zero-order valence-corrected chi connectivity index (χ0v) is 10.7. The largest absolute Gasteiger partial charge is 0.334 e. The molecule has 0 aliphatic rings. The lowest BCUT2D eigenvalue weighted by molar-refractivity contribution is 0.598. The normalized spacial score (nSPS) is 11.4. The van der Waals surface area contributed by atoms with Crippen molar-refractivity contribution < 1.29 is 8.42 Å². The number of benzene rings is 1. The molecule has 0 aliphatic heterocycles. The molecule has 0 spiro atoms. The molecule has 0 bridgehead atoms. The number of imidazole rings is 1. The fourth-order valence-corrected chi connectivity index (χ4v) is 2.70. The first kappa shape index (κ1) is 12.0. The predicted molar refractivity (Wildman–Crippen MR) is 67.6 cm³/mol. The van der Waals surface area contributed by atoms with Gasteiger partial charge in [-0.15, -0.1) is 11.8 Å². The van der Waals surface area contributed by atoms with Gasteiger partial charge in [-0.3, -0.25) is 4.72 Å². The molecule has 7 heteroatoms. The Hall–Kier alpha value is -1.47. The summed E-state index contributed by atoms with van der Waals surface area (Å²) in [6, 6.07) is 7.20. The lowest BCUT2D eigenvalue weighted by atomic mass is 10.3. The molecule has 17 heavy (non-hydrogen) atoms. The molecule has 0 radical (unpaired) electrons. The van der Waals surface area contributed by atoms with Crippen molar-refractivity contribution in [3.05, 3.63) is 36.8 Å². The van der Waals surface area contributed by atoms with E-state index in [1.807, 2.05) is 12.3 Å². The third-order valence-corrected chi connectivity index (χ3v) is 4.12. The van der Waals surface area contributed by atoms with Crippen LogP contribution in [0.1, 0.15) is 0 Å². The Labute approximate surface area is 104 Å². The molecule has 1 aromatic carbocycles. The number of aromatic amines is 1. The number of sulfonamides is 1. The number of anilines is 1. The Morgan fingerprint density at radius 1 is 1.41 bits per heavy atom. The van der Waals surface area contributed by atoms with Crippen LogP contribution in [0.25, 0.3) is 0 Å². The molecule has 0 saturated carbocycles. The van der Waals surface area contributed by atoms with E-state index in [0.717, 1.165) is 4.90 Å². The van der Waals surface area contributed by atoms with Crippen LogP contribution in [-0.2, 0) is 10.0 Å². The summed E-state index contributed by atoms with van der Waals surface area (Å²) in [5, 5.41) is 0.0482. The predicted octanol–water partition coefficient (Wildman–Crippen LogP) is 1.93. The molecular weight excluding hydrogens is 258 g/mol. The van der Waals surface area contributed by atoms with Crippen molar-refractivity contribution in [3.63, 3.8) is 0 Å². The van der Waals surface area contributed by atoms with E-state index in [1.165, 1.54) is 12.5 Å². The number of H-pyrrole nitrogens is 1. The van der Waals surface area contributed by atoms with E-state index in [1.54, 1.807) is 30.0 Å². The third-order valence-electron chi connectivity index (χ3n) is 2.08. The Bertz CT molecular complexity index is 594. The molecule has 0 saturated heterocycles. The summed E-state index contributed by atoms with van der Waals surface area (Å²) in [4.78, 5) is 7.24. The van der Waals surface area contributed by atoms with Gasteiger partial charge in [-0.2, -0.15) is 8.42 Å². The molecule has 90 valence electrons. The van der Waals surface area contributed by atoms with Crippen molar-refractivity contribution in [2.75, 3.05) is 11.0 Å². The maximum Gasteiger partial charge on any atom is 0.278 e. The second kappa shape index (κ2) is 4.80. The Morgan fingerprint density at radius 3 is 2.88 bits per heavy atom. The molecular formula is C10H11N3O2S2. The first-order valence-electron chi connectivity index (χ1n) is 4.77. The van der Waals surface area contributed by atoms with Crippen LogP contribution in [0.3, 0.4) is 0 Å². The van der Waals surface area contributed by atoms with Crippen LogP contribution in [0.5, 0.6) is 0 Å². The molecule has 0 amide bonds. The fourth-order valence-electron chi connectivity index (χ4n) is 1.29. The van der Waals surface area contributed by atoms with Gasteiger partial charge >= 0.3 is 0 Å². The summed E-state index contributed by atoms with van der Waals surface area (Å²) >= 11 is 1.55. The van der Waals surface area contributed by atoms with E-state index in [4.69, 9.17) is 0 Å². The SMILES string of the molecule is CSc1cccc(NS(=O)(=O)c2cnc[nH]2)c1. The number of rotatable bonds is 4. The Morgan fingerprint density at radius 2 is 2.24 bits per heavy atom. The van der Waals surface area contributed by atoms with E-state index < -0.39 is 10.0 Å². The van der Waals surface area contributed by atoms with Gasteiger partial charge < -0.3 is 4.98 Å². The minimum absolute atomic E-state index is 0.0482. The summed E-state index contributed by atoms with van der Waals surface area (Å²) < 4.78 is 26.2. The van der Waals surface area contributed by atoms with Crippen molar-refractivity contribution in [2.24, 2.45) is 0 Å². The van der Waals surface area contributed by atoms with E-state index in [0.29, 0.717) is 5.69 Å². The second-order valence-corrected chi connectivity index (χ2v) is 5.78. The summed E-state index contributed by atoms with van der Waals surface area (Å²) in [6.45, 7) is 0. The van der Waals surface area contributed by atoms with Crippen LogP contribution >= 0.6 is 11.8 Å². The van der Waals surface area contributed by atoms with E-state index in [9.17, 15) is 8.42 Å². The van der Waals surface area contributed by atoms with Crippen LogP contribution in [0.4, 0.5) is 5.69 Å². The summed E-state index contributed by atoms with van der Waals surface area (Å²) in [7, 11) is -3.57. The Kier molecular flexibility index (Phi) is 3.39. The molecule has 0 unspecified atom stereocenters. The molecule has 5 nitrogen and oxygen atoms in total. The van der Waals surface area contributed by atoms with E-state index in [2.05, 4.69) is 14.7 Å². The highest BCUT2D eigenvalue weighted by Gasteiger charge is 2.15. The molecule has 0 fully saturated rings. The van der Waals surface area contributed by atoms with Crippen molar-refractivity contribution in [1.29, 1.82) is 0 Å². The highest BCUT2D eigenvalue weighted by atomic mass is 32.2. The molecule has 2 N–H and O–H groups in total. The van der Waals surface area contributed by atoms with Crippen molar-refractivity contribution in [2.45, 2.75) is 9.92 Å². The third kappa shape index (κ3) is 2.80. The monoisotopic (exact) mass is 269 g/mol. The zero-order chi connectivity index (χ0) is 12.3. The van der Waals surface area contributed by atoms with Crippen LogP contribution in [0.2, 0.25) is 0 Å². The van der Waals surface area contributed by atoms with Gasteiger partial charge in [-0.1, -0.05) is 6.07 Å². The fraction of sp³-hybridized carbons (Fsp3) is 0.100. The molecule has 2 rings (SSSR count). The molecule has 0 atom stereocenters. The maximum atomic E-state index is 11.9. The quantitative estimate of drug-likeness (QED) is 0.832. The van der Waals surface area contributed by atoms with Gasteiger partial charge in [0.05, 0.1) is 12.5 Å². The highest BCUT2D eigenvalue weighted by Crippen LogP contribution is 2.20. The van der Waals surface area contributed by atoms with Gasteiger partial charge in [0.1, 0.15) is 0 Å². The van der Waals surface area contributed by atoms with Crippen LogP contribution in [-0.4, -0.2) is 24.6 Å². The van der Waals surface area contributed by atoms with Crippen LogP contribution < -0.4 is 4.72 Å². The van der Waals surface area contributed by atoms with Crippen LogP contribution in [0, 0.1) is 0 Å². The summed E-state index contributed by atoms with van der Waals surface area (Å²) in [6.07, 6.45) is 4.52. The topological polar surface area (TPSA) is 74.8 Å². The van der Waals surface area contributed by atoms with Crippen molar-refractivity contribution >= 4 is 27.5 Å². The number of hydrogen-bond donors (Lipinski definition) is 2. The number of hydrogen-bond acceptors (Lipinski definition) is 4. The van der Waals surface area contributed by atoms with Gasteiger partial charge in [0.2, 0.25) is 0 Å². The van der Waals surface area contributed by atoms with Crippen molar-refractivity contribution in [1.82, 2.24) is 9.97 Å². The molecule has 1 heterocycles. The maximum absolute atomic E-state index is 11.9. The molecule has 2 aromatic rings. The lowest BCUT2D eigenvalue weighted by Gasteiger charge is -2.06. The van der Waals surface area contributed by atoms with Gasteiger partial charge in [-0.25, -0.2) is 4.98 Å². The first-order valence-corrected chi connectivity index (χ1v) is 7.48. The van der Waals surface area contributed by atoms with Gasteiger partial charge in [0.25, 0.3) is 10.0 Å². The zero-order valence-electron chi connectivity index (χ0n) is 9.04.